The van der Waals surface area contributed by atoms with Crippen molar-refractivity contribution < 1.29 is 14.2 Å². The van der Waals surface area contributed by atoms with E-state index in [1.165, 1.54) is 0 Å². The fourth-order valence-corrected chi connectivity index (χ4v) is 2.49. The van der Waals surface area contributed by atoms with Gasteiger partial charge in [0.2, 0.25) is 5.88 Å². The molecule has 0 unspecified atom stereocenters. The van der Waals surface area contributed by atoms with Crippen molar-refractivity contribution in [2.24, 2.45) is 4.99 Å². The Labute approximate surface area is 173 Å². The lowest BCUT2D eigenvalue weighted by atomic mass is 10.3. The van der Waals surface area contributed by atoms with Gasteiger partial charge in [-0.15, -0.1) is 0 Å². The Kier molecular flexibility index (Phi) is 9.78. The molecule has 0 amide bonds. The molecule has 1 heterocycles. The second kappa shape index (κ2) is 12.6. The molecular formula is C22H32N4O3. The Balaban J connectivity index is 1.96. The van der Waals surface area contributed by atoms with E-state index in [1.807, 2.05) is 57.2 Å². The van der Waals surface area contributed by atoms with Crippen LogP contribution in [0.3, 0.4) is 0 Å². The van der Waals surface area contributed by atoms with Crippen LogP contribution in [0, 0.1) is 0 Å². The molecule has 0 saturated heterocycles. The summed E-state index contributed by atoms with van der Waals surface area (Å²) < 4.78 is 16.4. The first-order chi connectivity index (χ1) is 14.1. The molecule has 0 radical (unpaired) electrons. The Morgan fingerprint density at radius 3 is 2.72 bits per heavy atom. The van der Waals surface area contributed by atoms with Crippen molar-refractivity contribution in [3.63, 3.8) is 0 Å². The van der Waals surface area contributed by atoms with Crippen LogP contribution in [-0.2, 0) is 11.3 Å². The van der Waals surface area contributed by atoms with E-state index < -0.39 is 0 Å². The molecule has 0 saturated carbocycles. The molecule has 1 aromatic heterocycles. The van der Waals surface area contributed by atoms with Crippen LogP contribution in [0.15, 0.2) is 47.6 Å². The molecule has 0 aliphatic carbocycles. The first-order valence-electron chi connectivity index (χ1n) is 9.99. The van der Waals surface area contributed by atoms with Crippen molar-refractivity contribution in [3.8, 4) is 11.6 Å². The number of methoxy groups -OCH3 is 1. The molecule has 0 fully saturated rings. The van der Waals surface area contributed by atoms with Crippen molar-refractivity contribution in [3.05, 3.63) is 48.2 Å². The average Bonchev–Trinajstić information content (AvgIpc) is 2.71. The number of hydrogen-bond donors (Lipinski definition) is 2. The molecule has 29 heavy (non-hydrogen) atoms. The first kappa shape index (κ1) is 22.5. The summed E-state index contributed by atoms with van der Waals surface area (Å²) in [5.41, 5.74) is 1.92. The molecule has 2 N–H and O–H groups in total. The minimum absolute atomic E-state index is 0.107. The third-order valence-electron chi connectivity index (χ3n) is 3.78. The lowest BCUT2D eigenvalue weighted by molar-refractivity contribution is 0.172. The summed E-state index contributed by atoms with van der Waals surface area (Å²) in [5.74, 6) is 2.14. The molecule has 0 aliphatic rings. The molecule has 0 spiro atoms. The minimum Gasteiger partial charge on any atom is -0.493 e. The van der Waals surface area contributed by atoms with Gasteiger partial charge in [0.05, 0.1) is 19.3 Å². The maximum atomic E-state index is 5.76. The molecule has 0 bridgehead atoms. The summed E-state index contributed by atoms with van der Waals surface area (Å²) in [6, 6.07) is 11.7. The van der Waals surface area contributed by atoms with Gasteiger partial charge in [-0.05, 0) is 38.5 Å². The van der Waals surface area contributed by atoms with Crippen molar-refractivity contribution in [1.82, 2.24) is 10.3 Å². The molecule has 7 heteroatoms. The van der Waals surface area contributed by atoms with Crippen LogP contribution in [0.1, 0.15) is 32.8 Å². The van der Waals surface area contributed by atoms with Crippen LogP contribution < -0.4 is 20.1 Å². The highest BCUT2D eigenvalue weighted by Gasteiger charge is 2.03. The van der Waals surface area contributed by atoms with E-state index in [2.05, 4.69) is 20.6 Å². The van der Waals surface area contributed by atoms with Gasteiger partial charge in [0.15, 0.2) is 5.96 Å². The summed E-state index contributed by atoms with van der Waals surface area (Å²) in [6.07, 6.45) is 2.75. The van der Waals surface area contributed by atoms with Gasteiger partial charge in [-0.25, -0.2) is 9.98 Å². The Bertz CT molecular complexity index is 748. The van der Waals surface area contributed by atoms with Gasteiger partial charge in [0, 0.05) is 50.7 Å². The number of nitrogens with zero attached hydrogens (tertiary/aromatic N) is 2. The van der Waals surface area contributed by atoms with Crippen molar-refractivity contribution >= 4 is 11.6 Å². The molecule has 2 aromatic rings. The Morgan fingerprint density at radius 1 is 1.17 bits per heavy atom. The number of aromatic nitrogens is 1. The Hall–Kier alpha value is -2.80. The average molecular weight is 401 g/mol. The van der Waals surface area contributed by atoms with Crippen LogP contribution in [-0.4, -0.2) is 43.9 Å². The number of nitrogens with one attached hydrogen (secondary N) is 2. The summed E-state index contributed by atoms with van der Waals surface area (Å²) in [6.45, 7) is 8.58. The third-order valence-corrected chi connectivity index (χ3v) is 3.78. The fourth-order valence-electron chi connectivity index (χ4n) is 2.49. The second-order valence-corrected chi connectivity index (χ2v) is 6.71. The number of pyridine rings is 1. The molecule has 2 rings (SSSR count). The van der Waals surface area contributed by atoms with E-state index >= 15 is 0 Å². The largest absolute Gasteiger partial charge is 0.493 e. The monoisotopic (exact) mass is 400 g/mol. The predicted octanol–water partition coefficient (Wildman–Crippen LogP) is 3.86. The first-order valence-corrected chi connectivity index (χ1v) is 9.99. The summed E-state index contributed by atoms with van der Waals surface area (Å²) in [7, 11) is 1.69. The number of aliphatic imine (C=N–C) groups is 1. The summed E-state index contributed by atoms with van der Waals surface area (Å²) in [5, 5.41) is 6.57. The number of guanidine groups is 1. The topological polar surface area (TPSA) is 77.0 Å². The number of hydrogen-bond acceptors (Lipinski definition) is 5. The highest BCUT2D eigenvalue weighted by atomic mass is 16.5. The SMILES string of the molecule is CCNC(=NCc1ccc(OC(C)C)nc1)Nc1cccc(OCCCOC)c1. The Morgan fingerprint density at radius 2 is 2.03 bits per heavy atom. The van der Waals surface area contributed by atoms with E-state index in [0.29, 0.717) is 31.6 Å². The zero-order chi connectivity index (χ0) is 20.9. The molecule has 1 aromatic carbocycles. The lowest BCUT2D eigenvalue weighted by Gasteiger charge is -2.13. The summed E-state index contributed by atoms with van der Waals surface area (Å²) >= 11 is 0. The van der Waals surface area contributed by atoms with Gasteiger partial charge < -0.3 is 24.8 Å². The second-order valence-electron chi connectivity index (χ2n) is 6.71. The standard InChI is InChI=1S/C22H32N4O3/c1-5-23-22(25-16-18-10-11-21(24-15-18)29-17(2)3)26-19-8-6-9-20(14-19)28-13-7-12-27-4/h6,8-11,14-15,17H,5,7,12-13,16H2,1-4H3,(H2,23,25,26). The fraction of sp³-hybridized carbons (Fsp3) is 0.455. The maximum absolute atomic E-state index is 5.76. The smallest absolute Gasteiger partial charge is 0.213 e. The van der Waals surface area contributed by atoms with Gasteiger partial charge in [0.1, 0.15) is 5.75 Å². The lowest BCUT2D eigenvalue weighted by Crippen LogP contribution is -2.30. The van der Waals surface area contributed by atoms with Gasteiger partial charge >= 0.3 is 0 Å². The van der Waals surface area contributed by atoms with Crippen LogP contribution in [0.2, 0.25) is 0 Å². The number of anilines is 1. The van der Waals surface area contributed by atoms with Crippen LogP contribution in [0.4, 0.5) is 5.69 Å². The van der Waals surface area contributed by atoms with Gasteiger partial charge in [-0.1, -0.05) is 12.1 Å². The normalized spacial score (nSPS) is 11.4. The summed E-state index contributed by atoms with van der Waals surface area (Å²) in [4.78, 5) is 8.96. The van der Waals surface area contributed by atoms with E-state index in [9.17, 15) is 0 Å². The van der Waals surface area contributed by atoms with Crippen molar-refractivity contribution in [2.75, 3.05) is 32.2 Å². The maximum Gasteiger partial charge on any atom is 0.213 e. The molecular weight excluding hydrogens is 368 g/mol. The quantitative estimate of drug-likeness (QED) is 0.339. The highest BCUT2D eigenvalue weighted by molar-refractivity contribution is 5.93. The van der Waals surface area contributed by atoms with Crippen molar-refractivity contribution in [2.45, 2.75) is 39.8 Å². The van der Waals surface area contributed by atoms with Crippen molar-refractivity contribution in [1.29, 1.82) is 0 Å². The zero-order valence-corrected chi connectivity index (χ0v) is 17.8. The van der Waals surface area contributed by atoms with Crippen LogP contribution in [0.5, 0.6) is 11.6 Å². The van der Waals surface area contributed by atoms with E-state index in [1.54, 1.807) is 13.3 Å². The number of ether oxygens (including phenoxy) is 3. The van der Waals surface area contributed by atoms with E-state index in [-0.39, 0.29) is 6.10 Å². The van der Waals surface area contributed by atoms with Gasteiger partial charge in [-0.2, -0.15) is 0 Å². The highest BCUT2D eigenvalue weighted by Crippen LogP contribution is 2.17. The number of benzene rings is 1. The predicted molar refractivity (Wildman–Crippen MR) is 117 cm³/mol. The third kappa shape index (κ3) is 8.83. The van der Waals surface area contributed by atoms with Crippen LogP contribution in [0.25, 0.3) is 0 Å². The van der Waals surface area contributed by atoms with Gasteiger partial charge in [-0.3, -0.25) is 0 Å². The van der Waals surface area contributed by atoms with E-state index in [0.717, 1.165) is 30.0 Å². The molecule has 158 valence electrons. The van der Waals surface area contributed by atoms with Crippen LogP contribution >= 0.6 is 0 Å². The molecule has 0 aliphatic heterocycles. The minimum atomic E-state index is 0.107. The zero-order valence-electron chi connectivity index (χ0n) is 17.8. The van der Waals surface area contributed by atoms with Gasteiger partial charge in [0.25, 0.3) is 0 Å². The van der Waals surface area contributed by atoms with E-state index in [4.69, 9.17) is 14.2 Å². The molecule has 0 atom stereocenters. The molecule has 7 nitrogen and oxygen atoms in total. The number of rotatable bonds is 11.